The van der Waals surface area contributed by atoms with Crippen LogP contribution < -0.4 is 4.74 Å². The Bertz CT molecular complexity index is 245. The molecule has 0 spiro atoms. The third-order valence-corrected chi connectivity index (χ3v) is 1.65. The number of ether oxygens (including phenoxy) is 1. The molecule has 0 saturated carbocycles. The molecule has 0 atom stereocenters. The number of nitrogens with zero attached hydrogens (tertiary/aromatic N) is 1. The summed E-state index contributed by atoms with van der Waals surface area (Å²) in [5.41, 5.74) is 2.16. The number of methoxy groups -OCH3 is 1. The molecule has 60 valence electrons. The van der Waals surface area contributed by atoms with Gasteiger partial charge in [0, 0.05) is 11.3 Å². The highest BCUT2D eigenvalue weighted by Gasteiger charge is 2.00. The molecular weight excluding hydrogens is 138 g/mol. The van der Waals surface area contributed by atoms with Crippen LogP contribution in [0.3, 0.4) is 0 Å². The van der Waals surface area contributed by atoms with Crippen molar-refractivity contribution in [2.75, 3.05) is 7.11 Å². The van der Waals surface area contributed by atoms with Gasteiger partial charge < -0.3 is 4.74 Å². The van der Waals surface area contributed by atoms with Gasteiger partial charge in [-0.2, -0.15) is 0 Å². The largest absolute Gasteiger partial charge is 0.481 e. The Kier molecular flexibility index (Phi) is 2.47. The lowest BCUT2D eigenvalue weighted by Gasteiger charge is -2.04. The second-order valence-corrected chi connectivity index (χ2v) is 2.47. The van der Waals surface area contributed by atoms with Crippen molar-refractivity contribution in [1.29, 1.82) is 0 Å². The van der Waals surface area contributed by atoms with Crippen LogP contribution in [-0.2, 0) is 6.42 Å². The van der Waals surface area contributed by atoms with Crippen LogP contribution in [0, 0.1) is 6.92 Å². The van der Waals surface area contributed by atoms with Gasteiger partial charge in [-0.05, 0) is 19.4 Å². The van der Waals surface area contributed by atoms with Crippen molar-refractivity contribution in [3.63, 3.8) is 0 Å². The van der Waals surface area contributed by atoms with E-state index in [1.54, 1.807) is 7.11 Å². The van der Waals surface area contributed by atoms with Crippen LogP contribution in [-0.4, -0.2) is 12.1 Å². The molecule has 1 aromatic heterocycles. The van der Waals surface area contributed by atoms with Crippen molar-refractivity contribution >= 4 is 0 Å². The summed E-state index contributed by atoms with van der Waals surface area (Å²) in [4.78, 5) is 4.24. The van der Waals surface area contributed by atoms with Crippen LogP contribution in [0.25, 0.3) is 0 Å². The Labute approximate surface area is 67.2 Å². The number of aromatic nitrogens is 1. The van der Waals surface area contributed by atoms with Crippen LogP contribution in [0.2, 0.25) is 0 Å². The van der Waals surface area contributed by atoms with Gasteiger partial charge in [0.05, 0.1) is 7.11 Å². The molecule has 0 amide bonds. The van der Waals surface area contributed by atoms with Gasteiger partial charge in [-0.3, -0.25) is 0 Å². The maximum Gasteiger partial charge on any atom is 0.216 e. The first kappa shape index (κ1) is 8.05. The predicted octanol–water partition coefficient (Wildman–Crippen LogP) is 1.96. The van der Waals surface area contributed by atoms with Crippen molar-refractivity contribution in [2.45, 2.75) is 20.3 Å². The van der Waals surface area contributed by atoms with Crippen molar-refractivity contribution in [3.8, 4) is 5.88 Å². The minimum absolute atomic E-state index is 0.757. The Morgan fingerprint density at radius 1 is 1.45 bits per heavy atom. The highest BCUT2D eigenvalue weighted by atomic mass is 16.5. The molecule has 0 aromatic carbocycles. The summed E-state index contributed by atoms with van der Waals surface area (Å²) in [6, 6.07) is 4.06. The number of hydrogen-bond donors (Lipinski definition) is 0. The highest BCUT2D eigenvalue weighted by Crippen LogP contribution is 2.15. The van der Waals surface area contributed by atoms with E-state index in [4.69, 9.17) is 4.74 Å². The SMILES string of the molecule is CCc1ccc(C)nc1OC. The first-order valence-electron chi connectivity index (χ1n) is 3.78. The lowest BCUT2D eigenvalue weighted by atomic mass is 10.2. The lowest BCUT2D eigenvalue weighted by Crippen LogP contribution is -1.94. The van der Waals surface area contributed by atoms with E-state index in [1.165, 1.54) is 0 Å². The summed E-state index contributed by atoms with van der Waals surface area (Å²) in [6.45, 7) is 4.05. The maximum absolute atomic E-state index is 5.11. The van der Waals surface area contributed by atoms with Crippen LogP contribution in [0.1, 0.15) is 18.2 Å². The summed E-state index contributed by atoms with van der Waals surface area (Å²) in [7, 11) is 1.65. The number of pyridine rings is 1. The van der Waals surface area contributed by atoms with E-state index in [9.17, 15) is 0 Å². The molecule has 0 bridgehead atoms. The molecule has 0 N–H and O–H groups in total. The summed E-state index contributed by atoms with van der Waals surface area (Å²) < 4.78 is 5.11. The topological polar surface area (TPSA) is 22.1 Å². The monoisotopic (exact) mass is 151 g/mol. The number of aryl methyl sites for hydroxylation is 2. The Morgan fingerprint density at radius 3 is 2.73 bits per heavy atom. The van der Waals surface area contributed by atoms with Crippen molar-refractivity contribution in [2.24, 2.45) is 0 Å². The molecule has 0 aliphatic heterocycles. The zero-order valence-corrected chi connectivity index (χ0v) is 7.22. The Hall–Kier alpha value is -1.05. The van der Waals surface area contributed by atoms with Crippen molar-refractivity contribution < 1.29 is 4.74 Å². The van der Waals surface area contributed by atoms with E-state index in [1.807, 2.05) is 13.0 Å². The van der Waals surface area contributed by atoms with Crippen LogP contribution in [0.5, 0.6) is 5.88 Å². The molecule has 0 saturated heterocycles. The molecule has 0 radical (unpaired) electrons. The lowest BCUT2D eigenvalue weighted by molar-refractivity contribution is 0.392. The third kappa shape index (κ3) is 1.70. The van der Waals surface area contributed by atoms with E-state index < -0.39 is 0 Å². The van der Waals surface area contributed by atoms with Gasteiger partial charge >= 0.3 is 0 Å². The average molecular weight is 151 g/mol. The van der Waals surface area contributed by atoms with Gasteiger partial charge in [-0.25, -0.2) is 4.98 Å². The molecule has 1 aromatic rings. The normalized spacial score (nSPS) is 9.73. The van der Waals surface area contributed by atoms with Crippen molar-refractivity contribution in [1.82, 2.24) is 4.98 Å². The second-order valence-electron chi connectivity index (χ2n) is 2.47. The van der Waals surface area contributed by atoms with Gasteiger partial charge in [0.1, 0.15) is 0 Å². The fraction of sp³-hybridized carbons (Fsp3) is 0.444. The molecule has 0 fully saturated rings. The van der Waals surface area contributed by atoms with E-state index in [2.05, 4.69) is 18.0 Å². The molecule has 0 aliphatic carbocycles. The standard InChI is InChI=1S/C9H13NO/c1-4-8-6-5-7(2)10-9(8)11-3/h5-6H,4H2,1-3H3. The molecule has 2 heteroatoms. The summed E-state index contributed by atoms with van der Waals surface area (Å²) in [5, 5.41) is 0. The van der Waals surface area contributed by atoms with Crippen LogP contribution >= 0.6 is 0 Å². The van der Waals surface area contributed by atoms with Crippen LogP contribution in [0.15, 0.2) is 12.1 Å². The van der Waals surface area contributed by atoms with Gasteiger partial charge in [-0.15, -0.1) is 0 Å². The Balaban J connectivity index is 3.06. The van der Waals surface area contributed by atoms with Crippen LogP contribution in [0.4, 0.5) is 0 Å². The molecule has 1 heterocycles. The molecule has 1 rings (SSSR count). The van der Waals surface area contributed by atoms with E-state index in [-0.39, 0.29) is 0 Å². The minimum atomic E-state index is 0.757. The zero-order chi connectivity index (χ0) is 8.27. The summed E-state index contributed by atoms with van der Waals surface area (Å²) in [5.74, 6) is 0.757. The van der Waals surface area contributed by atoms with Gasteiger partial charge in [-0.1, -0.05) is 13.0 Å². The van der Waals surface area contributed by atoms with E-state index in [0.29, 0.717) is 0 Å². The molecule has 0 aliphatic rings. The first-order valence-corrected chi connectivity index (χ1v) is 3.78. The third-order valence-electron chi connectivity index (χ3n) is 1.65. The Morgan fingerprint density at radius 2 is 2.18 bits per heavy atom. The minimum Gasteiger partial charge on any atom is -0.481 e. The number of hydrogen-bond acceptors (Lipinski definition) is 2. The molecule has 0 unspecified atom stereocenters. The van der Waals surface area contributed by atoms with Gasteiger partial charge in [0.25, 0.3) is 0 Å². The zero-order valence-electron chi connectivity index (χ0n) is 7.22. The van der Waals surface area contributed by atoms with E-state index in [0.717, 1.165) is 23.6 Å². The predicted molar refractivity (Wildman–Crippen MR) is 44.9 cm³/mol. The smallest absolute Gasteiger partial charge is 0.216 e. The first-order chi connectivity index (χ1) is 5.27. The molecule has 2 nitrogen and oxygen atoms in total. The fourth-order valence-electron chi connectivity index (χ4n) is 1.01. The highest BCUT2D eigenvalue weighted by molar-refractivity contribution is 5.27. The molecular formula is C9H13NO. The fourth-order valence-corrected chi connectivity index (χ4v) is 1.01. The van der Waals surface area contributed by atoms with Gasteiger partial charge in [0.15, 0.2) is 0 Å². The maximum atomic E-state index is 5.11. The van der Waals surface area contributed by atoms with Gasteiger partial charge in [0.2, 0.25) is 5.88 Å². The molecule has 11 heavy (non-hydrogen) atoms. The number of rotatable bonds is 2. The summed E-state index contributed by atoms with van der Waals surface area (Å²) in [6.07, 6.45) is 0.969. The second kappa shape index (κ2) is 3.37. The van der Waals surface area contributed by atoms with E-state index >= 15 is 0 Å². The quantitative estimate of drug-likeness (QED) is 0.644. The average Bonchev–Trinajstić information content (AvgIpc) is 2.04. The summed E-state index contributed by atoms with van der Waals surface area (Å²) >= 11 is 0. The van der Waals surface area contributed by atoms with Crippen molar-refractivity contribution in [3.05, 3.63) is 23.4 Å².